The van der Waals surface area contributed by atoms with Crippen LogP contribution in [0.2, 0.25) is 0 Å². The van der Waals surface area contributed by atoms with Gasteiger partial charge in [0.15, 0.2) is 0 Å². The van der Waals surface area contributed by atoms with Crippen molar-refractivity contribution in [3.63, 3.8) is 0 Å². The molecular weight excluding hydrogens is 270 g/mol. The number of amides is 1. The Bertz CT molecular complexity index is 532. The molecule has 1 atom stereocenters. The Balaban J connectivity index is 2.13. The summed E-state index contributed by atoms with van der Waals surface area (Å²) in [5, 5.41) is 15.8. The van der Waals surface area contributed by atoms with Gasteiger partial charge in [-0.1, -0.05) is 13.8 Å². The minimum atomic E-state index is -0.916. The molecule has 1 amide bonds. The Morgan fingerprint density at radius 3 is 2.62 bits per heavy atom. The maximum Gasteiger partial charge on any atom is 0.305 e. The van der Waals surface area contributed by atoms with Crippen LogP contribution in [0.1, 0.15) is 62.0 Å². The number of carboxylic acid groups (broad SMARTS) is 1. The molecule has 0 saturated heterocycles. The fraction of sp³-hybridized carbons (Fsp3) is 0.667. The van der Waals surface area contributed by atoms with Crippen LogP contribution in [0.3, 0.4) is 0 Å². The fourth-order valence-electron chi connectivity index (χ4n) is 2.46. The summed E-state index contributed by atoms with van der Waals surface area (Å²) in [6, 6.07) is -0.393. The summed E-state index contributed by atoms with van der Waals surface area (Å²) in [5.41, 5.74) is 1.60. The van der Waals surface area contributed by atoms with Crippen LogP contribution in [0, 0.1) is 5.92 Å². The van der Waals surface area contributed by atoms with Gasteiger partial charge in [0.05, 0.1) is 23.9 Å². The summed E-state index contributed by atoms with van der Waals surface area (Å²) < 4.78 is 1.93. The number of hydrogen-bond acceptors (Lipinski definition) is 3. The molecular formula is C15H23N3O3. The summed E-state index contributed by atoms with van der Waals surface area (Å²) in [7, 11) is 0. The second-order valence-electron chi connectivity index (χ2n) is 6.27. The van der Waals surface area contributed by atoms with Crippen molar-refractivity contribution in [1.29, 1.82) is 0 Å². The molecule has 1 fully saturated rings. The van der Waals surface area contributed by atoms with Crippen molar-refractivity contribution < 1.29 is 14.7 Å². The van der Waals surface area contributed by atoms with E-state index in [4.69, 9.17) is 5.11 Å². The third-order valence-electron chi connectivity index (χ3n) is 3.49. The first-order valence-electron chi connectivity index (χ1n) is 7.46. The Kier molecular flexibility index (Phi) is 4.65. The van der Waals surface area contributed by atoms with Crippen LogP contribution in [0.15, 0.2) is 6.20 Å². The van der Waals surface area contributed by atoms with Crippen LogP contribution in [-0.2, 0) is 11.3 Å². The smallest absolute Gasteiger partial charge is 0.305 e. The molecule has 0 aliphatic heterocycles. The van der Waals surface area contributed by atoms with Gasteiger partial charge in [-0.2, -0.15) is 5.10 Å². The second kappa shape index (κ2) is 6.28. The van der Waals surface area contributed by atoms with Crippen molar-refractivity contribution in [2.24, 2.45) is 5.92 Å². The summed E-state index contributed by atoms with van der Waals surface area (Å²) in [6.07, 6.45) is 3.72. The van der Waals surface area contributed by atoms with Crippen LogP contribution in [-0.4, -0.2) is 32.8 Å². The second-order valence-corrected chi connectivity index (χ2v) is 6.27. The Labute approximate surface area is 124 Å². The number of aliphatic carboxylic acids is 1. The molecule has 1 aromatic heterocycles. The zero-order valence-electron chi connectivity index (χ0n) is 12.8. The van der Waals surface area contributed by atoms with Crippen molar-refractivity contribution in [3.05, 3.63) is 17.5 Å². The lowest BCUT2D eigenvalue weighted by Crippen LogP contribution is -2.34. The van der Waals surface area contributed by atoms with Gasteiger partial charge < -0.3 is 10.4 Å². The van der Waals surface area contributed by atoms with Gasteiger partial charge in [0.1, 0.15) is 0 Å². The zero-order valence-corrected chi connectivity index (χ0v) is 12.8. The number of nitrogens with zero attached hydrogens (tertiary/aromatic N) is 2. The molecule has 1 aliphatic rings. The Morgan fingerprint density at radius 2 is 2.10 bits per heavy atom. The first-order valence-corrected chi connectivity index (χ1v) is 7.46. The maximum absolute atomic E-state index is 12.3. The lowest BCUT2D eigenvalue weighted by atomic mass is 10.1. The molecule has 1 saturated carbocycles. The van der Waals surface area contributed by atoms with Crippen molar-refractivity contribution in [3.8, 4) is 0 Å². The highest BCUT2D eigenvalue weighted by molar-refractivity contribution is 5.95. The highest BCUT2D eigenvalue weighted by Crippen LogP contribution is 2.41. The van der Waals surface area contributed by atoms with Gasteiger partial charge in [-0.25, -0.2) is 0 Å². The summed E-state index contributed by atoms with van der Waals surface area (Å²) >= 11 is 0. The van der Waals surface area contributed by atoms with Crippen molar-refractivity contribution in [2.45, 2.75) is 58.5 Å². The molecule has 1 aromatic rings. The van der Waals surface area contributed by atoms with Gasteiger partial charge in [-0.3, -0.25) is 14.3 Å². The van der Waals surface area contributed by atoms with Crippen molar-refractivity contribution in [2.75, 3.05) is 0 Å². The van der Waals surface area contributed by atoms with Crippen LogP contribution in [0.5, 0.6) is 0 Å². The van der Waals surface area contributed by atoms with E-state index in [-0.39, 0.29) is 12.3 Å². The molecule has 0 radical (unpaired) electrons. The van der Waals surface area contributed by atoms with E-state index in [1.54, 1.807) is 13.1 Å². The van der Waals surface area contributed by atoms with E-state index in [9.17, 15) is 9.59 Å². The standard InChI is InChI=1S/C15H23N3O3/c1-9(2)8-18-14(11-4-5-11)12(7-16-18)15(21)17-10(3)6-13(19)20/h7,9-11H,4-6,8H2,1-3H3,(H,17,21)(H,19,20). The number of carbonyl (C=O) groups is 2. The number of carboxylic acids is 1. The average Bonchev–Trinajstić information content (AvgIpc) is 3.09. The highest BCUT2D eigenvalue weighted by atomic mass is 16.4. The van der Waals surface area contributed by atoms with Gasteiger partial charge in [-0.15, -0.1) is 0 Å². The minimum absolute atomic E-state index is 0.0787. The third-order valence-corrected chi connectivity index (χ3v) is 3.49. The molecule has 2 N–H and O–H groups in total. The monoisotopic (exact) mass is 293 g/mol. The number of aromatic nitrogens is 2. The first-order chi connectivity index (χ1) is 9.88. The predicted octanol–water partition coefficient (Wildman–Crippen LogP) is 2.01. The van der Waals surface area contributed by atoms with Crippen LogP contribution < -0.4 is 5.32 Å². The number of hydrogen-bond donors (Lipinski definition) is 2. The third kappa shape index (κ3) is 4.06. The van der Waals surface area contributed by atoms with Crippen LogP contribution in [0.4, 0.5) is 0 Å². The van der Waals surface area contributed by atoms with E-state index in [2.05, 4.69) is 24.3 Å². The van der Waals surface area contributed by atoms with Crippen LogP contribution in [0.25, 0.3) is 0 Å². The molecule has 0 aromatic carbocycles. The number of nitrogens with one attached hydrogen (secondary N) is 1. The van der Waals surface area contributed by atoms with E-state index in [0.717, 1.165) is 25.1 Å². The summed E-state index contributed by atoms with van der Waals surface area (Å²) in [6.45, 7) is 6.73. The molecule has 21 heavy (non-hydrogen) atoms. The number of rotatable bonds is 7. The maximum atomic E-state index is 12.3. The molecule has 2 rings (SSSR count). The van der Waals surface area contributed by atoms with E-state index in [0.29, 0.717) is 17.4 Å². The Morgan fingerprint density at radius 1 is 1.43 bits per heavy atom. The quantitative estimate of drug-likeness (QED) is 0.805. The molecule has 1 heterocycles. The van der Waals surface area contributed by atoms with Gasteiger partial charge in [0.25, 0.3) is 5.91 Å². The molecule has 1 unspecified atom stereocenters. The molecule has 6 heteroatoms. The van der Waals surface area contributed by atoms with E-state index >= 15 is 0 Å². The molecule has 1 aliphatic carbocycles. The van der Waals surface area contributed by atoms with E-state index < -0.39 is 12.0 Å². The van der Waals surface area contributed by atoms with Gasteiger partial charge in [0, 0.05) is 18.5 Å². The minimum Gasteiger partial charge on any atom is -0.481 e. The topological polar surface area (TPSA) is 84.2 Å². The predicted molar refractivity (Wildman–Crippen MR) is 78.2 cm³/mol. The zero-order chi connectivity index (χ0) is 15.6. The lowest BCUT2D eigenvalue weighted by Gasteiger charge is -2.13. The number of carbonyl (C=O) groups excluding carboxylic acids is 1. The van der Waals surface area contributed by atoms with E-state index in [1.165, 1.54) is 0 Å². The Hall–Kier alpha value is -1.85. The SMILES string of the molecule is CC(C)Cn1ncc(C(=O)NC(C)CC(=O)O)c1C1CC1. The van der Waals surface area contributed by atoms with Crippen molar-refractivity contribution in [1.82, 2.24) is 15.1 Å². The van der Waals surface area contributed by atoms with Crippen LogP contribution >= 0.6 is 0 Å². The average molecular weight is 293 g/mol. The lowest BCUT2D eigenvalue weighted by molar-refractivity contribution is -0.137. The summed E-state index contributed by atoms with van der Waals surface area (Å²) in [4.78, 5) is 23.0. The highest BCUT2D eigenvalue weighted by Gasteiger charge is 2.32. The van der Waals surface area contributed by atoms with Gasteiger partial charge in [-0.05, 0) is 25.7 Å². The van der Waals surface area contributed by atoms with E-state index in [1.807, 2.05) is 4.68 Å². The van der Waals surface area contributed by atoms with Gasteiger partial charge >= 0.3 is 5.97 Å². The van der Waals surface area contributed by atoms with Crippen molar-refractivity contribution >= 4 is 11.9 Å². The first kappa shape index (κ1) is 15.5. The molecule has 116 valence electrons. The largest absolute Gasteiger partial charge is 0.481 e. The molecule has 0 spiro atoms. The summed E-state index contributed by atoms with van der Waals surface area (Å²) in [5.74, 6) is -0.257. The molecule has 0 bridgehead atoms. The van der Waals surface area contributed by atoms with Gasteiger partial charge in [0.2, 0.25) is 0 Å². The fourth-order valence-corrected chi connectivity index (χ4v) is 2.46. The molecule has 6 nitrogen and oxygen atoms in total. The normalized spacial score (nSPS) is 16.0.